The monoisotopic (exact) mass is 335 g/mol. The van der Waals surface area contributed by atoms with Crippen molar-refractivity contribution >= 4 is 11.6 Å². The third kappa shape index (κ3) is 2.98. The maximum Gasteiger partial charge on any atom is 0.232 e. The maximum atomic E-state index is 12.3. The molecule has 0 spiro atoms. The molecule has 4 rings (SSSR count). The van der Waals surface area contributed by atoms with E-state index in [1.807, 2.05) is 54.6 Å². The van der Waals surface area contributed by atoms with E-state index in [4.69, 9.17) is 9.26 Å². The summed E-state index contributed by atoms with van der Waals surface area (Å²) < 4.78 is 10.7. The van der Waals surface area contributed by atoms with Crippen LogP contribution in [0.2, 0.25) is 0 Å². The third-order valence-electron chi connectivity index (χ3n) is 4.31. The molecule has 0 aliphatic carbocycles. The van der Waals surface area contributed by atoms with Gasteiger partial charge in [0.05, 0.1) is 13.0 Å². The van der Waals surface area contributed by atoms with Crippen LogP contribution in [0.15, 0.2) is 59.1 Å². The average molecular weight is 335 g/mol. The summed E-state index contributed by atoms with van der Waals surface area (Å²) >= 11 is 0. The second-order valence-electron chi connectivity index (χ2n) is 5.93. The van der Waals surface area contributed by atoms with Crippen LogP contribution < -0.4 is 9.64 Å². The lowest BCUT2D eigenvalue weighted by molar-refractivity contribution is -0.117. The molecule has 0 saturated carbocycles. The molecule has 0 bridgehead atoms. The lowest BCUT2D eigenvalue weighted by Crippen LogP contribution is -2.24. The predicted molar refractivity (Wildman–Crippen MR) is 92.4 cm³/mol. The average Bonchev–Trinajstić information content (AvgIpc) is 3.29. The normalized spacial score (nSPS) is 17.1. The van der Waals surface area contributed by atoms with Crippen molar-refractivity contribution in [3.05, 3.63) is 60.5 Å². The Morgan fingerprint density at radius 2 is 2.00 bits per heavy atom. The minimum absolute atomic E-state index is 0.0670. The van der Waals surface area contributed by atoms with Gasteiger partial charge >= 0.3 is 0 Å². The first-order valence-corrected chi connectivity index (χ1v) is 8.08. The molecule has 1 aliphatic rings. The second kappa shape index (κ2) is 6.39. The molecule has 3 aromatic rings. The quantitative estimate of drug-likeness (QED) is 0.732. The van der Waals surface area contributed by atoms with E-state index >= 15 is 0 Å². The Kier molecular flexibility index (Phi) is 3.93. The lowest BCUT2D eigenvalue weighted by atomic mass is 10.1. The molecule has 2 heterocycles. The van der Waals surface area contributed by atoms with E-state index in [0.717, 1.165) is 17.0 Å². The number of amides is 1. The summed E-state index contributed by atoms with van der Waals surface area (Å²) in [7, 11) is 1.61. The fourth-order valence-electron chi connectivity index (χ4n) is 3.01. The van der Waals surface area contributed by atoms with Gasteiger partial charge in [-0.1, -0.05) is 35.5 Å². The van der Waals surface area contributed by atoms with Crippen molar-refractivity contribution < 1.29 is 14.1 Å². The lowest BCUT2D eigenvalue weighted by Gasteiger charge is -2.15. The van der Waals surface area contributed by atoms with Crippen molar-refractivity contribution in [3.8, 4) is 17.1 Å². The summed E-state index contributed by atoms with van der Waals surface area (Å²) in [6.45, 7) is 0.544. The number of rotatable bonds is 4. The van der Waals surface area contributed by atoms with E-state index in [1.165, 1.54) is 0 Å². The Labute approximate surface area is 145 Å². The molecular formula is C19H17N3O3. The van der Waals surface area contributed by atoms with Gasteiger partial charge in [-0.2, -0.15) is 4.98 Å². The van der Waals surface area contributed by atoms with Crippen LogP contribution in [0.25, 0.3) is 11.4 Å². The van der Waals surface area contributed by atoms with Gasteiger partial charge in [0.25, 0.3) is 0 Å². The maximum absolute atomic E-state index is 12.3. The molecular weight excluding hydrogens is 318 g/mol. The van der Waals surface area contributed by atoms with Gasteiger partial charge in [-0.15, -0.1) is 0 Å². The first-order chi connectivity index (χ1) is 12.2. The molecule has 1 aromatic heterocycles. The molecule has 0 N–H and O–H groups in total. The third-order valence-corrected chi connectivity index (χ3v) is 4.31. The van der Waals surface area contributed by atoms with Gasteiger partial charge in [-0.05, 0) is 24.3 Å². The molecule has 1 saturated heterocycles. The van der Waals surface area contributed by atoms with Crippen LogP contribution in [-0.4, -0.2) is 29.7 Å². The second-order valence-corrected chi connectivity index (χ2v) is 5.93. The predicted octanol–water partition coefficient (Wildman–Crippen LogP) is 3.27. The van der Waals surface area contributed by atoms with Crippen molar-refractivity contribution in [2.45, 2.75) is 12.3 Å². The topological polar surface area (TPSA) is 68.5 Å². The van der Waals surface area contributed by atoms with Gasteiger partial charge in [0.1, 0.15) is 5.75 Å². The first kappa shape index (κ1) is 15.4. The summed E-state index contributed by atoms with van der Waals surface area (Å²) in [5, 5.41) is 4.06. The number of hydrogen-bond acceptors (Lipinski definition) is 5. The van der Waals surface area contributed by atoms with E-state index in [9.17, 15) is 4.79 Å². The van der Waals surface area contributed by atoms with Crippen molar-refractivity contribution in [2.75, 3.05) is 18.6 Å². The summed E-state index contributed by atoms with van der Waals surface area (Å²) in [6.07, 6.45) is 0.370. The Morgan fingerprint density at radius 1 is 1.16 bits per heavy atom. The smallest absolute Gasteiger partial charge is 0.232 e. The zero-order chi connectivity index (χ0) is 17.2. The Bertz CT molecular complexity index is 892. The number of anilines is 1. The molecule has 1 fully saturated rings. The van der Waals surface area contributed by atoms with E-state index in [-0.39, 0.29) is 11.8 Å². The minimum atomic E-state index is -0.0976. The van der Waals surface area contributed by atoms with Crippen LogP contribution in [0.1, 0.15) is 18.2 Å². The number of hydrogen-bond donors (Lipinski definition) is 0. The van der Waals surface area contributed by atoms with Crippen molar-refractivity contribution in [1.82, 2.24) is 10.1 Å². The number of ether oxygens (including phenoxy) is 1. The number of benzene rings is 2. The Morgan fingerprint density at radius 3 is 2.80 bits per heavy atom. The molecule has 25 heavy (non-hydrogen) atoms. The molecule has 6 nitrogen and oxygen atoms in total. The number of carbonyl (C=O) groups excluding carboxylic acids is 1. The minimum Gasteiger partial charge on any atom is -0.497 e. The van der Waals surface area contributed by atoms with E-state index < -0.39 is 0 Å². The number of para-hydroxylation sites is 1. The summed E-state index contributed by atoms with van der Waals surface area (Å²) in [4.78, 5) is 18.6. The number of aromatic nitrogens is 2. The molecule has 6 heteroatoms. The zero-order valence-electron chi connectivity index (χ0n) is 13.8. The summed E-state index contributed by atoms with van der Waals surface area (Å²) in [5.74, 6) is 1.69. The highest BCUT2D eigenvalue weighted by Gasteiger charge is 2.35. The number of carbonyl (C=O) groups is 1. The van der Waals surface area contributed by atoms with Crippen molar-refractivity contribution in [3.63, 3.8) is 0 Å². The van der Waals surface area contributed by atoms with Gasteiger partial charge in [-0.3, -0.25) is 4.79 Å². The highest BCUT2D eigenvalue weighted by molar-refractivity contribution is 5.96. The van der Waals surface area contributed by atoms with Crippen molar-refractivity contribution in [2.24, 2.45) is 0 Å². The first-order valence-electron chi connectivity index (χ1n) is 8.08. The largest absolute Gasteiger partial charge is 0.497 e. The van der Waals surface area contributed by atoms with E-state index in [0.29, 0.717) is 24.7 Å². The highest BCUT2D eigenvalue weighted by atomic mass is 16.5. The van der Waals surface area contributed by atoms with Gasteiger partial charge in [0.15, 0.2) is 0 Å². The zero-order valence-corrected chi connectivity index (χ0v) is 13.8. The van der Waals surface area contributed by atoms with Crippen LogP contribution in [0.5, 0.6) is 5.75 Å². The molecule has 126 valence electrons. The number of nitrogens with zero attached hydrogens (tertiary/aromatic N) is 3. The van der Waals surface area contributed by atoms with Crippen molar-refractivity contribution in [1.29, 1.82) is 0 Å². The Hall–Kier alpha value is -3.15. The van der Waals surface area contributed by atoms with Gasteiger partial charge in [0, 0.05) is 24.2 Å². The Balaban J connectivity index is 1.56. The molecule has 1 atom stereocenters. The van der Waals surface area contributed by atoms with Gasteiger partial charge < -0.3 is 14.2 Å². The van der Waals surface area contributed by atoms with Gasteiger partial charge in [0.2, 0.25) is 17.6 Å². The SMILES string of the molecule is COc1cccc(-c2noc(C3CC(=O)N(c4ccccc4)C3)n2)c1. The van der Waals surface area contributed by atoms with E-state index in [2.05, 4.69) is 10.1 Å². The summed E-state index contributed by atoms with van der Waals surface area (Å²) in [5.41, 5.74) is 1.71. The standard InChI is InChI=1S/C19H17N3O3/c1-24-16-9-5-6-13(10-16)18-20-19(25-21-18)14-11-17(23)22(12-14)15-7-3-2-4-8-15/h2-10,14H,11-12H2,1H3. The fourth-order valence-corrected chi connectivity index (χ4v) is 3.01. The van der Waals surface area contributed by atoms with Gasteiger partial charge in [-0.25, -0.2) is 0 Å². The fraction of sp³-hybridized carbons (Fsp3) is 0.211. The molecule has 1 amide bonds. The number of methoxy groups -OCH3 is 1. The highest BCUT2D eigenvalue weighted by Crippen LogP contribution is 2.32. The van der Waals surface area contributed by atoms with Crippen LogP contribution >= 0.6 is 0 Å². The van der Waals surface area contributed by atoms with E-state index in [1.54, 1.807) is 12.0 Å². The molecule has 2 aromatic carbocycles. The van der Waals surface area contributed by atoms with Crippen LogP contribution in [0.4, 0.5) is 5.69 Å². The van der Waals surface area contributed by atoms with Crippen LogP contribution in [0.3, 0.4) is 0 Å². The molecule has 1 aliphatic heterocycles. The van der Waals surface area contributed by atoms with Crippen LogP contribution in [-0.2, 0) is 4.79 Å². The molecule has 1 unspecified atom stereocenters. The van der Waals surface area contributed by atoms with Crippen LogP contribution in [0, 0.1) is 0 Å². The molecule has 0 radical (unpaired) electrons. The summed E-state index contributed by atoms with van der Waals surface area (Å²) in [6, 6.07) is 17.1.